The summed E-state index contributed by atoms with van der Waals surface area (Å²) in [5.41, 5.74) is 1.98. The van der Waals surface area contributed by atoms with Crippen LogP contribution < -0.4 is 10.1 Å². The average Bonchev–Trinajstić information content (AvgIpc) is 3.07. The monoisotopic (exact) mass is 340 g/mol. The SMILES string of the molecule is CCC(=O)Nc1ccc(-n2nc(OC)nc2-c2cccc(F)c2)cc1. The number of rotatable bonds is 5. The molecular formula is C18H17FN4O2. The van der Waals surface area contributed by atoms with E-state index in [4.69, 9.17) is 4.74 Å². The number of anilines is 1. The molecule has 1 N–H and O–H groups in total. The van der Waals surface area contributed by atoms with E-state index in [0.717, 1.165) is 0 Å². The lowest BCUT2D eigenvalue weighted by molar-refractivity contribution is -0.115. The molecule has 0 unspecified atom stereocenters. The number of hydrogen-bond acceptors (Lipinski definition) is 4. The van der Waals surface area contributed by atoms with Gasteiger partial charge in [-0.15, -0.1) is 5.10 Å². The van der Waals surface area contributed by atoms with Gasteiger partial charge in [0, 0.05) is 17.7 Å². The molecule has 128 valence electrons. The molecule has 6 nitrogen and oxygen atoms in total. The molecule has 0 atom stereocenters. The Bertz CT molecular complexity index is 890. The standard InChI is InChI=1S/C18H17FN4O2/c1-3-16(24)20-14-7-9-15(10-8-14)23-17(21-18(22-23)25-2)12-5-4-6-13(19)11-12/h4-11H,3H2,1-2H3,(H,20,24). The Labute approximate surface area is 144 Å². The summed E-state index contributed by atoms with van der Waals surface area (Å²) >= 11 is 0. The largest absolute Gasteiger partial charge is 0.466 e. The first-order chi connectivity index (χ1) is 12.1. The van der Waals surface area contributed by atoms with Crippen molar-refractivity contribution in [3.05, 3.63) is 54.3 Å². The Kier molecular flexibility index (Phi) is 4.74. The van der Waals surface area contributed by atoms with Crippen molar-refractivity contribution in [2.24, 2.45) is 0 Å². The van der Waals surface area contributed by atoms with Crippen molar-refractivity contribution >= 4 is 11.6 Å². The maximum atomic E-state index is 13.6. The topological polar surface area (TPSA) is 69.0 Å². The summed E-state index contributed by atoms with van der Waals surface area (Å²) in [7, 11) is 1.47. The van der Waals surface area contributed by atoms with Crippen LogP contribution in [0.2, 0.25) is 0 Å². The van der Waals surface area contributed by atoms with E-state index in [1.54, 1.807) is 48.0 Å². The van der Waals surface area contributed by atoms with Crippen molar-refractivity contribution in [2.75, 3.05) is 12.4 Å². The van der Waals surface area contributed by atoms with Gasteiger partial charge in [-0.3, -0.25) is 4.79 Å². The molecule has 0 saturated heterocycles. The number of amides is 1. The van der Waals surface area contributed by atoms with Gasteiger partial charge in [0.25, 0.3) is 0 Å². The fourth-order valence-corrected chi connectivity index (χ4v) is 2.31. The minimum atomic E-state index is -0.358. The summed E-state index contributed by atoms with van der Waals surface area (Å²) in [5.74, 6) is 0.0426. The summed E-state index contributed by atoms with van der Waals surface area (Å²) < 4.78 is 20.2. The Morgan fingerprint density at radius 2 is 2.00 bits per heavy atom. The van der Waals surface area contributed by atoms with E-state index in [1.807, 2.05) is 0 Å². The summed E-state index contributed by atoms with van der Waals surface area (Å²) in [6, 6.07) is 13.4. The number of nitrogens with zero attached hydrogens (tertiary/aromatic N) is 3. The summed E-state index contributed by atoms with van der Waals surface area (Å²) in [4.78, 5) is 15.8. The van der Waals surface area contributed by atoms with Gasteiger partial charge < -0.3 is 10.1 Å². The van der Waals surface area contributed by atoms with Gasteiger partial charge in [-0.25, -0.2) is 9.07 Å². The Morgan fingerprint density at radius 1 is 1.24 bits per heavy atom. The number of carbonyl (C=O) groups excluding carboxylic acids is 1. The lowest BCUT2D eigenvalue weighted by Gasteiger charge is -2.08. The molecule has 3 aromatic rings. The van der Waals surface area contributed by atoms with Crippen LogP contribution >= 0.6 is 0 Å². The molecule has 0 aliphatic rings. The molecule has 1 heterocycles. The van der Waals surface area contributed by atoms with Gasteiger partial charge in [0.05, 0.1) is 12.8 Å². The molecule has 2 aromatic carbocycles. The zero-order chi connectivity index (χ0) is 17.8. The van der Waals surface area contributed by atoms with Gasteiger partial charge >= 0.3 is 6.01 Å². The first kappa shape index (κ1) is 16.6. The predicted molar refractivity (Wildman–Crippen MR) is 92.2 cm³/mol. The molecule has 3 rings (SSSR count). The second-order valence-electron chi connectivity index (χ2n) is 5.29. The van der Waals surface area contributed by atoms with Gasteiger partial charge in [0.1, 0.15) is 5.82 Å². The molecule has 0 aliphatic heterocycles. The zero-order valence-electron chi connectivity index (χ0n) is 13.9. The molecule has 25 heavy (non-hydrogen) atoms. The minimum Gasteiger partial charge on any atom is -0.466 e. The van der Waals surface area contributed by atoms with Crippen LogP contribution in [0.4, 0.5) is 10.1 Å². The highest BCUT2D eigenvalue weighted by Gasteiger charge is 2.14. The highest BCUT2D eigenvalue weighted by molar-refractivity contribution is 5.90. The van der Waals surface area contributed by atoms with Crippen LogP contribution in [0.25, 0.3) is 17.1 Å². The third-order valence-electron chi connectivity index (χ3n) is 3.57. The first-order valence-electron chi connectivity index (χ1n) is 7.78. The van der Waals surface area contributed by atoms with E-state index < -0.39 is 0 Å². The fraction of sp³-hybridized carbons (Fsp3) is 0.167. The minimum absolute atomic E-state index is 0.0596. The van der Waals surface area contributed by atoms with Crippen LogP contribution in [-0.2, 0) is 4.79 Å². The number of halogens is 1. The van der Waals surface area contributed by atoms with Crippen molar-refractivity contribution in [1.82, 2.24) is 14.8 Å². The highest BCUT2D eigenvalue weighted by atomic mass is 19.1. The molecule has 0 aliphatic carbocycles. The molecule has 1 amide bonds. The molecule has 0 fully saturated rings. The van der Waals surface area contributed by atoms with Crippen LogP contribution in [0.1, 0.15) is 13.3 Å². The summed E-state index contributed by atoms with van der Waals surface area (Å²) in [6.45, 7) is 1.79. The zero-order valence-corrected chi connectivity index (χ0v) is 13.9. The number of hydrogen-bond donors (Lipinski definition) is 1. The molecule has 0 radical (unpaired) electrons. The van der Waals surface area contributed by atoms with Crippen molar-refractivity contribution in [3.63, 3.8) is 0 Å². The molecular weight excluding hydrogens is 323 g/mol. The predicted octanol–water partition coefficient (Wildman–Crippen LogP) is 3.43. The van der Waals surface area contributed by atoms with Crippen molar-refractivity contribution < 1.29 is 13.9 Å². The number of methoxy groups -OCH3 is 1. The second-order valence-corrected chi connectivity index (χ2v) is 5.29. The van der Waals surface area contributed by atoms with E-state index >= 15 is 0 Å². The molecule has 1 aromatic heterocycles. The lowest BCUT2D eigenvalue weighted by Crippen LogP contribution is -2.09. The molecule has 7 heteroatoms. The maximum absolute atomic E-state index is 13.6. The second kappa shape index (κ2) is 7.12. The van der Waals surface area contributed by atoms with Gasteiger partial charge in [0.2, 0.25) is 5.91 Å². The van der Waals surface area contributed by atoms with Crippen molar-refractivity contribution in [1.29, 1.82) is 0 Å². The highest BCUT2D eigenvalue weighted by Crippen LogP contribution is 2.24. The van der Waals surface area contributed by atoms with Crippen LogP contribution in [-0.4, -0.2) is 27.8 Å². The molecule has 0 saturated carbocycles. The van der Waals surface area contributed by atoms with E-state index in [2.05, 4.69) is 15.4 Å². The number of aromatic nitrogens is 3. The van der Waals surface area contributed by atoms with Gasteiger partial charge in [-0.2, -0.15) is 4.98 Å². The Morgan fingerprint density at radius 3 is 2.64 bits per heavy atom. The Hall–Kier alpha value is -3.22. The van der Waals surface area contributed by atoms with E-state index in [0.29, 0.717) is 29.2 Å². The first-order valence-corrected chi connectivity index (χ1v) is 7.78. The number of nitrogens with one attached hydrogen (secondary N) is 1. The van der Waals surface area contributed by atoms with Crippen LogP contribution in [0.3, 0.4) is 0 Å². The van der Waals surface area contributed by atoms with Crippen LogP contribution in [0, 0.1) is 5.82 Å². The summed E-state index contributed by atoms with van der Waals surface area (Å²) in [5, 5.41) is 7.07. The van der Waals surface area contributed by atoms with Crippen molar-refractivity contribution in [2.45, 2.75) is 13.3 Å². The van der Waals surface area contributed by atoms with Crippen molar-refractivity contribution in [3.8, 4) is 23.1 Å². The van der Waals surface area contributed by atoms with Gasteiger partial charge in [0.15, 0.2) is 5.82 Å². The number of carbonyl (C=O) groups is 1. The van der Waals surface area contributed by atoms with Crippen LogP contribution in [0.5, 0.6) is 6.01 Å². The molecule has 0 bridgehead atoms. The third-order valence-corrected chi connectivity index (χ3v) is 3.57. The van der Waals surface area contributed by atoms with E-state index in [-0.39, 0.29) is 17.7 Å². The van der Waals surface area contributed by atoms with E-state index in [1.165, 1.54) is 19.2 Å². The smallest absolute Gasteiger partial charge is 0.336 e. The van der Waals surface area contributed by atoms with E-state index in [9.17, 15) is 9.18 Å². The molecule has 0 spiro atoms. The number of benzene rings is 2. The number of ether oxygens (including phenoxy) is 1. The quantitative estimate of drug-likeness (QED) is 0.772. The lowest BCUT2D eigenvalue weighted by atomic mass is 10.2. The third kappa shape index (κ3) is 3.65. The van der Waals surface area contributed by atoms with Crippen LogP contribution in [0.15, 0.2) is 48.5 Å². The Balaban J connectivity index is 1.99. The maximum Gasteiger partial charge on any atom is 0.336 e. The summed E-state index contributed by atoms with van der Waals surface area (Å²) in [6.07, 6.45) is 0.408. The van der Waals surface area contributed by atoms with Gasteiger partial charge in [-0.05, 0) is 36.4 Å². The average molecular weight is 340 g/mol. The van der Waals surface area contributed by atoms with Gasteiger partial charge in [-0.1, -0.05) is 19.1 Å². The fourth-order valence-electron chi connectivity index (χ4n) is 2.31. The normalized spacial score (nSPS) is 10.5.